The first-order valence-corrected chi connectivity index (χ1v) is 9.57. The van der Waals surface area contributed by atoms with Crippen LogP contribution in [0.2, 0.25) is 0 Å². The molecule has 0 aliphatic rings. The van der Waals surface area contributed by atoms with Gasteiger partial charge < -0.3 is 14.8 Å². The summed E-state index contributed by atoms with van der Waals surface area (Å²) in [4.78, 5) is 48.0. The lowest BCUT2D eigenvalue weighted by molar-refractivity contribution is -0.385. The van der Waals surface area contributed by atoms with Crippen LogP contribution in [-0.4, -0.2) is 45.8 Å². The number of anilines is 1. The predicted molar refractivity (Wildman–Crippen MR) is 103 cm³/mol. The molecule has 156 valence electrons. The summed E-state index contributed by atoms with van der Waals surface area (Å²) in [5.41, 5.74) is -0.448. The molecular formula is C17H20N4O7S. The summed E-state index contributed by atoms with van der Waals surface area (Å²) in [7, 11) is 0. The van der Waals surface area contributed by atoms with Crippen molar-refractivity contribution < 1.29 is 28.8 Å². The number of carbonyl (C=O) groups is 3. The molecule has 11 nitrogen and oxygen atoms in total. The number of amides is 1. The molecule has 2 rings (SSSR count). The van der Waals surface area contributed by atoms with Gasteiger partial charge >= 0.3 is 17.6 Å². The number of ether oxygens (including phenoxy) is 2. The Balaban J connectivity index is 2.51. The molecule has 0 radical (unpaired) electrons. The zero-order chi connectivity index (χ0) is 21.7. The maximum atomic E-state index is 12.8. The van der Waals surface area contributed by atoms with Gasteiger partial charge in [-0.2, -0.15) is 5.10 Å². The molecule has 2 aromatic rings. The summed E-state index contributed by atoms with van der Waals surface area (Å²) >= 11 is 0.835. The number of hydrogen-bond donors (Lipinski definition) is 1. The van der Waals surface area contributed by atoms with Crippen LogP contribution in [0.1, 0.15) is 56.9 Å². The van der Waals surface area contributed by atoms with Crippen molar-refractivity contribution in [2.45, 2.75) is 34.2 Å². The standard InChI is InChI=1S/C17H20N4O7S/c1-5-20-12(10(8-18-20)21(25)26)14(22)19-15-11(16(23)27-6-2)9(4)13(29-15)17(24)28-7-3/h8H,5-7H2,1-4H3,(H,19,22). The molecule has 0 atom stereocenters. The van der Waals surface area contributed by atoms with E-state index in [1.165, 1.54) is 11.6 Å². The van der Waals surface area contributed by atoms with Gasteiger partial charge in [-0.1, -0.05) is 0 Å². The predicted octanol–water partition coefficient (Wildman–Crippen LogP) is 2.79. The number of nitrogens with zero attached hydrogens (tertiary/aromatic N) is 3. The second-order valence-electron chi connectivity index (χ2n) is 5.61. The van der Waals surface area contributed by atoms with Crippen molar-refractivity contribution in [3.05, 3.63) is 38.0 Å². The first kappa shape index (κ1) is 22.0. The van der Waals surface area contributed by atoms with Crippen molar-refractivity contribution in [2.24, 2.45) is 0 Å². The lowest BCUT2D eigenvalue weighted by Crippen LogP contribution is -2.20. The number of aromatic nitrogens is 2. The van der Waals surface area contributed by atoms with Crippen molar-refractivity contribution in [1.82, 2.24) is 9.78 Å². The van der Waals surface area contributed by atoms with Crippen LogP contribution in [0.5, 0.6) is 0 Å². The van der Waals surface area contributed by atoms with E-state index in [2.05, 4.69) is 10.4 Å². The van der Waals surface area contributed by atoms with Crippen molar-refractivity contribution in [3.8, 4) is 0 Å². The molecule has 0 unspecified atom stereocenters. The third-order valence-electron chi connectivity index (χ3n) is 3.85. The third-order valence-corrected chi connectivity index (χ3v) is 5.03. The Hall–Kier alpha value is -3.28. The number of esters is 2. The van der Waals surface area contributed by atoms with E-state index >= 15 is 0 Å². The normalized spacial score (nSPS) is 10.5. The van der Waals surface area contributed by atoms with Crippen LogP contribution in [0, 0.1) is 17.0 Å². The monoisotopic (exact) mass is 424 g/mol. The van der Waals surface area contributed by atoms with Crippen molar-refractivity contribution in [1.29, 1.82) is 0 Å². The molecule has 12 heteroatoms. The number of carbonyl (C=O) groups excluding carboxylic acids is 3. The lowest BCUT2D eigenvalue weighted by Gasteiger charge is -2.08. The number of hydrogen-bond acceptors (Lipinski definition) is 9. The number of thiophene rings is 1. The summed E-state index contributed by atoms with van der Waals surface area (Å²) in [6.07, 6.45) is 0.981. The summed E-state index contributed by atoms with van der Waals surface area (Å²) in [6.45, 7) is 6.90. The van der Waals surface area contributed by atoms with Gasteiger partial charge in [-0.05, 0) is 33.3 Å². The van der Waals surface area contributed by atoms with Gasteiger partial charge in [0.2, 0.25) is 5.69 Å². The van der Waals surface area contributed by atoms with Gasteiger partial charge in [-0.15, -0.1) is 11.3 Å². The second kappa shape index (κ2) is 9.28. The summed E-state index contributed by atoms with van der Waals surface area (Å²) in [6, 6.07) is 0. The molecule has 2 heterocycles. The SMILES string of the molecule is CCOC(=O)c1sc(NC(=O)c2c([N+](=O)[O-])cnn2CC)c(C(=O)OCC)c1C. The molecule has 2 aromatic heterocycles. The van der Waals surface area contributed by atoms with E-state index in [0.717, 1.165) is 17.5 Å². The van der Waals surface area contributed by atoms with Gasteiger partial charge in [0.25, 0.3) is 5.91 Å². The highest BCUT2D eigenvalue weighted by Crippen LogP contribution is 2.35. The average Bonchev–Trinajstić information content (AvgIpc) is 3.23. The molecule has 0 aromatic carbocycles. The molecule has 0 bridgehead atoms. The van der Waals surface area contributed by atoms with Crippen LogP contribution in [0.3, 0.4) is 0 Å². The average molecular weight is 424 g/mol. The van der Waals surface area contributed by atoms with E-state index < -0.39 is 28.5 Å². The molecule has 0 spiro atoms. The van der Waals surface area contributed by atoms with Gasteiger partial charge in [0.1, 0.15) is 16.1 Å². The van der Waals surface area contributed by atoms with Crippen molar-refractivity contribution >= 4 is 39.9 Å². The van der Waals surface area contributed by atoms with Crippen LogP contribution in [-0.2, 0) is 16.0 Å². The Morgan fingerprint density at radius 2 is 1.83 bits per heavy atom. The molecule has 1 N–H and O–H groups in total. The second-order valence-corrected chi connectivity index (χ2v) is 6.63. The largest absolute Gasteiger partial charge is 0.462 e. The summed E-state index contributed by atoms with van der Waals surface area (Å²) in [5, 5.41) is 17.6. The smallest absolute Gasteiger partial charge is 0.348 e. The molecule has 0 fully saturated rings. The lowest BCUT2D eigenvalue weighted by atomic mass is 10.1. The van der Waals surface area contributed by atoms with E-state index in [4.69, 9.17) is 9.47 Å². The number of nitrogens with one attached hydrogen (secondary N) is 1. The van der Waals surface area contributed by atoms with Crippen LogP contribution in [0.4, 0.5) is 10.7 Å². The minimum absolute atomic E-state index is 0.00142. The molecule has 0 aliphatic carbocycles. The quantitative estimate of drug-likeness (QED) is 0.387. The van der Waals surface area contributed by atoms with E-state index in [1.54, 1.807) is 20.8 Å². The van der Waals surface area contributed by atoms with E-state index in [1.807, 2.05) is 0 Å². The Labute approximate surface area is 169 Å². The molecule has 0 aliphatic heterocycles. The maximum absolute atomic E-state index is 12.8. The highest BCUT2D eigenvalue weighted by atomic mass is 32.1. The fraction of sp³-hybridized carbons (Fsp3) is 0.412. The number of rotatable bonds is 8. The Kier molecular flexibility index (Phi) is 7.04. The Morgan fingerprint density at radius 1 is 1.21 bits per heavy atom. The number of nitro groups is 1. The highest BCUT2D eigenvalue weighted by Gasteiger charge is 2.31. The Morgan fingerprint density at radius 3 is 2.38 bits per heavy atom. The van der Waals surface area contributed by atoms with Crippen LogP contribution in [0.15, 0.2) is 6.20 Å². The molecule has 0 saturated carbocycles. The van der Waals surface area contributed by atoms with Crippen LogP contribution < -0.4 is 5.32 Å². The third kappa shape index (κ3) is 4.42. The number of aryl methyl sites for hydroxylation is 1. The summed E-state index contributed by atoms with van der Waals surface area (Å²) < 4.78 is 11.2. The zero-order valence-electron chi connectivity index (χ0n) is 16.3. The van der Waals surface area contributed by atoms with Gasteiger partial charge in [-0.25, -0.2) is 9.59 Å². The van der Waals surface area contributed by atoms with Crippen molar-refractivity contribution in [2.75, 3.05) is 18.5 Å². The summed E-state index contributed by atoms with van der Waals surface area (Å²) in [5.74, 6) is -2.21. The Bertz CT molecular complexity index is 963. The fourth-order valence-electron chi connectivity index (χ4n) is 2.59. The highest BCUT2D eigenvalue weighted by molar-refractivity contribution is 7.18. The van der Waals surface area contributed by atoms with Gasteiger partial charge in [0.05, 0.1) is 23.7 Å². The maximum Gasteiger partial charge on any atom is 0.348 e. The van der Waals surface area contributed by atoms with Gasteiger partial charge in [0, 0.05) is 6.54 Å². The van der Waals surface area contributed by atoms with Crippen LogP contribution in [0.25, 0.3) is 0 Å². The molecule has 1 amide bonds. The molecule has 0 saturated heterocycles. The van der Waals surface area contributed by atoms with E-state index in [9.17, 15) is 24.5 Å². The minimum Gasteiger partial charge on any atom is -0.462 e. The first-order valence-electron chi connectivity index (χ1n) is 8.75. The molecular weight excluding hydrogens is 404 g/mol. The van der Waals surface area contributed by atoms with Crippen molar-refractivity contribution in [3.63, 3.8) is 0 Å². The van der Waals surface area contributed by atoms with Crippen LogP contribution >= 0.6 is 11.3 Å². The van der Waals surface area contributed by atoms with Gasteiger partial charge in [0.15, 0.2) is 0 Å². The zero-order valence-corrected chi connectivity index (χ0v) is 17.1. The van der Waals surface area contributed by atoms with E-state index in [-0.39, 0.29) is 40.9 Å². The topological polar surface area (TPSA) is 143 Å². The fourth-order valence-corrected chi connectivity index (χ4v) is 3.67. The van der Waals surface area contributed by atoms with Gasteiger partial charge in [-0.3, -0.25) is 19.6 Å². The van der Waals surface area contributed by atoms with E-state index in [0.29, 0.717) is 5.56 Å². The first-order chi connectivity index (χ1) is 13.8. The molecule has 29 heavy (non-hydrogen) atoms. The minimum atomic E-state index is -0.835.